The predicted molar refractivity (Wildman–Crippen MR) is 183 cm³/mol. The van der Waals surface area contributed by atoms with Crippen molar-refractivity contribution < 1.29 is 37.0 Å². The topological polar surface area (TPSA) is 124 Å². The van der Waals surface area contributed by atoms with Crippen molar-refractivity contribution in [3.63, 3.8) is 0 Å². The summed E-state index contributed by atoms with van der Waals surface area (Å²) in [5, 5.41) is 3.58. The molecule has 2 amide bonds. The summed E-state index contributed by atoms with van der Waals surface area (Å²) >= 11 is 12.6. The third kappa shape index (κ3) is 9.15. The van der Waals surface area contributed by atoms with Gasteiger partial charge in [0.2, 0.25) is 11.8 Å². The zero-order chi connectivity index (χ0) is 34.9. The van der Waals surface area contributed by atoms with E-state index in [0.29, 0.717) is 28.6 Å². The number of benzene rings is 3. The van der Waals surface area contributed by atoms with Crippen molar-refractivity contribution in [2.45, 2.75) is 44.7 Å². The minimum Gasteiger partial charge on any atom is -0.497 e. The molecule has 3 aromatic rings. The van der Waals surface area contributed by atoms with Crippen LogP contribution >= 0.6 is 23.2 Å². The van der Waals surface area contributed by atoms with Gasteiger partial charge in [-0.15, -0.1) is 0 Å². The average molecular weight is 711 g/mol. The minimum absolute atomic E-state index is 0.0387. The summed E-state index contributed by atoms with van der Waals surface area (Å²) in [6, 6.07) is 12.6. The largest absolute Gasteiger partial charge is 0.497 e. The highest BCUT2D eigenvalue weighted by atomic mass is 35.5. The Balaban J connectivity index is 2.21. The van der Waals surface area contributed by atoms with Gasteiger partial charge in [0.15, 0.2) is 11.5 Å². The Bertz CT molecular complexity index is 1670. The molecule has 14 heteroatoms. The number of anilines is 1. The number of carbonyl (C=O) groups is 2. The first-order valence-corrected chi connectivity index (χ1v) is 17.0. The van der Waals surface area contributed by atoms with Gasteiger partial charge in [-0.3, -0.25) is 13.9 Å². The van der Waals surface area contributed by atoms with Crippen LogP contribution in [0.5, 0.6) is 23.0 Å². The quantitative estimate of drug-likeness (QED) is 0.198. The van der Waals surface area contributed by atoms with Crippen LogP contribution in [0, 0.1) is 5.92 Å². The van der Waals surface area contributed by atoms with Gasteiger partial charge in [0.1, 0.15) is 24.1 Å². The lowest BCUT2D eigenvalue weighted by atomic mass is 10.1. The van der Waals surface area contributed by atoms with Crippen LogP contribution in [-0.4, -0.2) is 72.7 Å². The van der Waals surface area contributed by atoms with E-state index in [1.807, 2.05) is 13.8 Å². The summed E-state index contributed by atoms with van der Waals surface area (Å²) in [7, 11) is 1.15. The highest BCUT2D eigenvalue weighted by molar-refractivity contribution is 7.92. The second kappa shape index (κ2) is 16.8. The van der Waals surface area contributed by atoms with E-state index < -0.39 is 28.5 Å². The van der Waals surface area contributed by atoms with E-state index in [1.54, 1.807) is 25.1 Å². The molecule has 0 aliphatic carbocycles. The first-order chi connectivity index (χ1) is 22.3. The molecule has 47 heavy (non-hydrogen) atoms. The number of nitrogens with zero attached hydrogens (tertiary/aromatic N) is 2. The van der Waals surface area contributed by atoms with Crippen molar-refractivity contribution in [1.82, 2.24) is 10.2 Å². The van der Waals surface area contributed by atoms with E-state index in [1.165, 1.54) is 69.7 Å². The van der Waals surface area contributed by atoms with E-state index in [2.05, 4.69) is 5.32 Å². The van der Waals surface area contributed by atoms with Crippen molar-refractivity contribution in [3.8, 4) is 23.0 Å². The van der Waals surface area contributed by atoms with E-state index in [-0.39, 0.29) is 51.9 Å². The van der Waals surface area contributed by atoms with Crippen molar-refractivity contribution in [2.24, 2.45) is 5.92 Å². The van der Waals surface area contributed by atoms with Gasteiger partial charge in [-0.2, -0.15) is 0 Å². The SMILES string of the molecule is CC[C@H](C(=O)NCC(C)C)N(Cc1ccc(Cl)cc1Cl)C(=O)CN(c1cc(OC)ccc1OC)S(=O)(=O)c1ccc(OC)c(OC)c1. The Kier molecular flexibility index (Phi) is 13.4. The number of halogens is 2. The van der Waals surface area contributed by atoms with Crippen molar-refractivity contribution >= 4 is 50.7 Å². The Morgan fingerprint density at radius 3 is 2.09 bits per heavy atom. The molecule has 0 unspecified atom stereocenters. The fourth-order valence-corrected chi connectivity index (χ4v) is 6.69. The second-order valence-electron chi connectivity index (χ2n) is 10.9. The summed E-state index contributed by atoms with van der Waals surface area (Å²) in [5.41, 5.74) is 0.560. The summed E-state index contributed by atoms with van der Waals surface area (Å²) in [4.78, 5) is 29.1. The molecule has 3 rings (SSSR count). The monoisotopic (exact) mass is 709 g/mol. The lowest BCUT2D eigenvalue weighted by Crippen LogP contribution is -2.52. The van der Waals surface area contributed by atoms with Gasteiger partial charge in [-0.25, -0.2) is 8.42 Å². The zero-order valence-electron chi connectivity index (χ0n) is 27.5. The van der Waals surface area contributed by atoms with E-state index in [4.69, 9.17) is 42.1 Å². The van der Waals surface area contributed by atoms with Gasteiger partial charge in [0.25, 0.3) is 10.0 Å². The van der Waals surface area contributed by atoms with Crippen molar-refractivity contribution in [3.05, 3.63) is 70.2 Å². The lowest BCUT2D eigenvalue weighted by Gasteiger charge is -2.34. The van der Waals surface area contributed by atoms with Gasteiger partial charge in [-0.1, -0.05) is 50.0 Å². The summed E-state index contributed by atoms with van der Waals surface area (Å²) in [6.45, 7) is 5.26. The van der Waals surface area contributed by atoms with Crippen LogP contribution in [0.2, 0.25) is 10.0 Å². The highest BCUT2D eigenvalue weighted by Gasteiger charge is 2.35. The van der Waals surface area contributed by atoms with Crippen LogP contribution < -0.4 is 28.6 Å². The molecule has 0 saturated heterocycles. The van der Waals surface area contributed by atoms with E-state index in [0.717, 1.165) is 4.31 Å². The molecule has 11 nitrogen and oxygen atoms in total. The number of sulfonamides is 1. The Morgan fingerprint density at radius 1 is 0.851 bits per heavy atom. The zero-order valence-corrected chi connectivity index (χ0v) is 29.8. The molecule has 1 N–H and O–H groups in total. The Hall–Kier alpha value is -3.87. The van der Waals surface area contributed by atoms with Gasteiger partial charge in [0, 0.05) is 35.3 Å². The number of nitrogens with one attached hydrogen (secondary N) is 1. The molecule has 0 radical (unpaired) electrons. The maximum Gasteiger partial charge on any atom is 0.265 e. The summed E-state index contributed by atoms with van der Waals surface area (Å²) in [5.74, 6) is 0.0849. The van der Waals surface area contributed by atoms with Crippen LogP contribution in [0.15, 0.2) is 59.5 Å². The third-order valence-electron chi connectivity index (χ3n) is 7.30. The van der Waals surface area contributed by atoms with E-state index in [9.17, 15) is 18.0 Å². The first kappa shape index (κ1) is 37.6. The van der Waals surface area contributed by atoms with Gasteiger partial charge < -0.3 is 29.2 Å². The molecule has 0 heterocycles. The molecule has 256 valence electrons. The normalized spacial score (nSPS) is 11.9. The number of hydrogen-bond donors (Lipinski definition) is 1. The molecule has 0 saturated carbocycles. The molecule has 0 aromatic heterocycles. The Morgan fingerprint density at radius 2 is 1.51 bits per heavy atom. The van der Waals surface area contributed by atoms with Crippen LogP contribution in [0.25, 0.3) is 0 Å². The van der Waals surface area contributed by atoms with Gasteiger partial charge in [-0.05, 0) is 54.3 Å². The number of ether oxygens (including phenoxy) is 4. The fourth-order valence-electron chi connectivity index (χ4n) is 4.78. The molecule has 0 aliphatic rings. The summed E-state index contributed by atoms with van der Waals surface area (Å²) in [6.07, 6.45) is 0.242. The molecule has 0 spiro atoms. The number of rotatable bonds is 16. The second-order valence-corrected chi connectivity index (χ2v) is 13.6. The standard InChI is InChI=1S/C33H41Cl2N3O8S/c1-8-27(33(40)36-18-21(2)3)37(19-22-9-10-23(34)15-26(22)35)32(39)20-38(28-16-24(43-4)11-13-29(28)44-5)47(41,42)25-12-14-30(45-6)31(17-25)46-7/h9-17,21,27H,8,18-20H2,1-7H3,(H,36,40)/t27-/m1/s1. The molecule has 1 atom stereocenters. The minimum atomic E-state index is -4.49. The number of methoxy groups -OCH3 is 4. The average Bonchev–Trinajstić information content (AvgIpc) is 3.06. The van der Waals surface area contributed by atoms with Crippen molar-refractivity contribution in [2.75, 3.05) is 45.8 Å². The molecule has 0 aliphatic heterocycles. The smallest absolute Gasteiger partial charge is 0.265 e. The maximum absolute atomic E-state index is 14.5. The van der Waals surface area contributed by atoms with Crippen LogP contribution in [0.1, 0.15) is 32.8 Å². The maximum atomic E-state index is 14.5. The molecule has 3 aromatic carbocycles. The summed E-state index contributed by atoms with van der Waals surface area (Å²) < 4.78 is 51.5. The van der Waals surface area contributed by atoms with E-state index >= 15 is 0 Å². The number of hydrogen-bond acceptors (Lipinski definition) is 8. The Labute approximate surface area is 286 Å². The fraction of sp³-hybridized carbons (Fsp3) is 0.394. The van der Waals surface area contributed by atoms with Crippen LogP contribution in [-0.2, 0) is 26.2 Å². The number of carbonyl (C=O) groups excluding carboxylic acids is 2. The molecular weight excluding hydrogens is 669 g/mol. The van der Waals surface area contributed by atoms with Crippen LogP contribution in [0.3, 0.4) is 0 Å². The highest BCUT2D eigenvalue weighted by Crippen LogP contribution is 2.38. The van der Waals surface area contributed by atoms with Gasteiger partial charge >= 0.3 is 0 Å². The third-order valence-corrected chi connectivity index (χ3v) is 9.65. The molecule has 0 fully saturated rings. The lowest BCUT2D eigenvalue weighted by molar-refractivity contribution is -0.140. The van der Waals surface area contributed by atoms with Crippen LogP contribution in [0.4, 0.5) is 5.69 Å². The molecular formula is C33H41Cl2N3O8S. The predicted octanol–water partition coefficient (Wildman–Crippen LogP) is 5.80. The first-order valence-electron chi connectivity index (χ1n) is 14.8. The molecule has 0 bridgehead atoms. The van der Waals surface area contributed by atoms with Gasteiger partial charge in [0.05, 0.1) is 39.0 Å². The van der Waals surface area contributed by atoms with Crippen molar-refractivity contribution in [1.29, 1.82) is 0 Å². The number of amides is 2.